The standard InChI is InChI=1S/C17H23Cl2N3O4S/c1-11(2)21-16(23)10-20-17(24)12-5-7-22(8-6-12)27(25,26)15-9-13(18)3-4-14(15)19/h3-4,9,11-12H,5-8,10H2,1-2H3,(H,20,24)(H,21,23). The quantitative estimate of drug-likeness (QED) is 0.714. The van der Waals surface area contributed by atoms with Crippen LogP contribution in [0.5, 0.6) is 0 Å². The molecule has 2 N–H and O–H groups in total. The molecule has 0 atom stereocenters. The molecule has 7 nitrogen and oxygen atoms in total. The predicted molar refractivity (Wildman–Crippen MR) is 104 cm³/mol. The van der Waals surface area contributed by atoms with Crippen LogP contribution < -0.4 is 10.6 Å². The van der Waals surface area contributed by atoms with Crippen molar-refractivity contribution in [2.45, 2.75) is 37.6 Å². The SMILES string of the molecule is CC(C)NC(=O)CNC(=O)C1CCN(S(=O)(=O)c2cc(Cl)ccc2Cl)CC1. The summed E-state index contributed by atoms with van der Waals surface area (Å²) in [7, 11) is -3.78. The minimum Gasteiger partial charge on any atom is -0.352 e. The molecule has 0 spiro atoms. The summed E-state index contributed by atoms with van der Waals surface area (Å²) in [6.07, 6.45) is 0.740. The van der Waals surface area contributed by atoms with Gasteiger partial charge >= 0.3 is 0 Å². The third kappa shape index (κ3) is 5.81. The van der Waals surface area contributed by atoms with E-state index in [9.17, 15) is 18.0 Å². The fraction of sp³-hybridized carbons (Fsp3) is 0.529. The number of piperidine rings is 1. The summed E-state index contributed by atoms with van der Waals surface area (Å²) in [5.74, 6) is -0.834. The minimum atomic E-state index is -3.78. The van der Waals surface area contributed by atoms with Gasteiger partial charge in [-0.1, -0.05) is 23.2 Å². The van der Waals surface area contributed by atoms with Crippen LogP contribution in [0.2, 0.25) is 10.0 Å². The van der Waals surface area contributed by atoms with Crippen molar-refractivity contribution in [2.75, 3.05) is 19.6 Å². The minimum absolute atomic E-state index is 0.00108. The molecule has 10 heteroatoms. The van der Waals surface area contributed by atoms with E-state index < -0.39 is 10.0 Å². The number of amides is 2. The first-order chi connectivity index (χ1) is 12.6. The van der Waals surface area contributed by atoms with E-state index in [1.54, 1.807) is 0 Å². The molecule has 0 aliphatic carbocycles. The summed E-state index contributed by atoms with van der Waals surface area (Å²) in [5.41, 5.74) is 0. The molecule has 0 radical (unpaired) electrons. The number of carbonyl (C=O) groups excluding carboxylic acids is 2. The highest BCUT2D eigenvalue weighted by Gasteiger charge is 2.33. The van der Waals surface area contributed by atoms with Gasteiger partial charge in [-0.3, -0.25) is 9.59 Å². The maximum Gasteiger partial charge on any atom is 0.244 e. The number of hydrogen-bond donors (Lipinski definition) is 2. The molecule has 2 amide bonds. The summed E-state index contributed by atoms with van der Waals surface area (Å²) in [6, 6.07) is 4.29. The second-order valence-electron chi connectivity index (χ2n) is 6.69. The van der Waals surface area contributed by atoms with Gasteiger partial charge < -0.3 is 10.6 Å². The lowest BCUT2D eigenvalue weighted by Gasteiger charge is -2.30. The van der Waals surface area contributed by atoms with E-state index in [0.717, 1.165) is 0 Å². The molecule has 1 heterocycles. The van der Waals surface area contributed by atoms with Gasteiger partial charge in [0.05, 0.1) is 11.6 Å². The van der Waals surface area contributed by atoms with Gasteiger partial charge in [-0.2, -0.15) is 4.31 Å². The van der Waals surface area contributed by atoms with Gasteiger partial charge in [0, 0.05) is 30.1 Å². The molecule has 1 aliphatic heterocycles. The summed E-state index contributed by atoms with van der Waals surface area (Å²) in [4.78, 5) is 23.8. The van der Waals surface area contributed by atoms with Crippen molar-refractivity contribution in [1.82, 2.24) is 14.9 Å². The number of sulfonamides is 1. The largest absolute Gasteiger partial charge is 0.352 e. The van der Waals surface area contributed by atoms with Gasteiger partial charge in [-0.25, -0.2) is 8.42 Å². The molecule has 0 bridgehead atoms. The van der Waals surface area contributed by atoms with E-state index in [2.05, 4.69) is 10.6 Å². The van der Waals surface area contributed by atoms with Gasteiger partial charge in [0.25, 0.3) is 0 Å². The monoisotopic (exact) mass is 435 g/mol. The van der Waals surface area contributed by atoms with Crippen LogP contribution >= 0.6 is 23.2 Å². The van der Waals surface area contributed by atoms with Crippen molar-refractivity contribution in [3.63, 3.8) is 0 Å². The molecule has 0 aromatic heterocycles. The molecule has 0 unspecified atom stereocenters. The van der Waals surface area contributed by atoms with Crippen LogP contribution in [0.1, 0.15) is 26.7 Å². The van der Waals surface area contributed by atoms with Crippen LogP contribution in [-0.2, 0) is 19.6 Å². The van der Waals surface area contributed by atoms with Gasteiger partial charge in [0.1, 0.15) is 4.90 Å². The summed E-state index contributed by atoms with van der Waals surface area (Å²) in [5, 5.41) is 5.68. The lowest BCUT2D eigenvalue weighted by molar-refractivity contribution is -0.129. The first kappa shape index (κ1) is 21.9. The Morgan fingerprint density at radius 3 is 2.44 bits per heavy atom. The van der Waals surface area contributed by atoms with Crippen molar-refractivity contribution >= 4 is 45.0 Å². The number of hydrogen-bond acceptors (Lipinski definition) is 4. The average molecular weight is 436 g/mol. The third-order valence-corrected chi connectivity index (χ3v) is 6.82. The highest BCUT2D eigenvalue weighted by atomic mass is 35.5. The molecule has 27 heavy (non-hydrogen) atoms. The van der Waals surface area contributed by atoms with E-state index in [1.165, 1.54) is 22.5 Å². The van der Waals surface area contributed by atoms with Crippen molar-refractivity contribution in [3.8, 4) is 0 Å². The molecule has 2 rings (SSSR count). The Morgan fingerprint density at radius 1 is 1.22 bits per heavy atom. The number of nitrogens with one attached hydrogen (secondary N) is 2. The zero-order valence-corrected chi connectivity index (χ0v) is 17.5. The molecular weight excluding hydrogens is 413 g/mol. The molecule has 1 aromatic carbocycles. The van der Waals surface area contributed by atoms with Gasteiger partial charge in [-0.15, -0.1) is 0 Å². The lowest BCUT2D eigenvalue weighted by Crippen LogP contribution is -2.45. The number of nitrogens with zero attached hydrogens (tertiary/aromatic N) is 1. The average Bonchev–Trinajstić information content (AvgIpc) is 2.61. The Hall–Kier alpha value is -1.35. The molecule has 1 aromatic rings. The van der Waals surface area contributed by atoms with Crippen LogP contribution in [-0.4, -0.2) is 50.2 Å². The Labute approximate surface area is 169 Å². The second-order valence-corrected chi connectivity index (χ2v) is 9.44. The van der Waals surface area contributed by atoms with Gasteiger partial charge in [0.2, 0.25) is 21.8 Å². The molecule has 150 valence electrons. The molecule has 1 fully saturated rings. The van der Waals surface area contributed by atoms with Crippen LogP contribution in [0.25, 0.3) is 0 Å². The van der Waals surface area contributed by atoms with Crippen LogP contribution in [0.4, 0.5) is 0 Å². The zero-order valence-electron chi connectivity index (χ0n) is 15.2. The van der Waals surface area contributed by atoms with E-state index in [-0.39, 0.29) is 58.3 Å². The number of halogens is 2. The number of rotatable bonds is 6. The molecular formula is C17H23Cl2N3O4S. The first-order valence-electron chi connectivity index (χ1n) is 8.63. The lowest BCUT2D eigenvalue weighted by atomic mass is 9.97. The van der Waals surface area contributed by atoms with Crippen molar-refractivity contribution in [3.05, 3.63) is 28.2 Å². The smallest absolute Gasteiger partial charge is 0.244 e. The Balaban J connectivity index is 1.93. The van der Waals surface area contributed by atoms with E-state index in [4.69, 9.17) is 23.2 Å². The topological polar surface area (TPSA) is 95.6 Å². The van der Waals surface area contributed by atoms with Gasteiger partial charge in [0.15, 0.2) is 0 Å². The normalized spacial score (nSPS) is 16.3. The molecule has 1 saturated heterocycles. The summed E-state index contributed by atoms with van der Waals surface area (Å²) in [6.45, 7) is 3.97. The second kappa shape index (κ2) is 9.23. The van der Waals surface area contributed by atoms with E-state index in [0.29, 0.717) is 12.8 Å². The molecule has 1 aliphatic rings. The van der Waals surface area contributed by atoms with Crippen molar-refractivity contribution < 1.29 is 18.0 Å². The summed E-state index contributed by atoms with van der Waals surface area (Å²) >= 11 is 11.9. The molecule has 0 saturated carbocycles. The Morgan fingerprint density at radius 2 is 1.85 bits per heavy atom. The third-order valence-electron chi connectivity index (χ3n) is 4.21. The van der Waals surface area contributed by atoms with Crippen molar-refractivity contribution in [1.29, 1.82) is 0 Å². The van der Waals surface area contributed by atoms with Crippen LogP contribution in [0.3, 0.4) is 0 Å². The maximum atomic E-state index is 12.8. The number of carbonyl (C=O) groups is 2. The fourth-order valence-electron chi connectivity index (χ4n) is 2.86. The van der Waals surface area contributed by atoms with Crippen LogP contribution in [0.15, 0.2) is 23.1 Å². The van der Waals surface area contributed by atoms with Crippen molar-refractivity contribution in [2.24, 2.45) is 5.92 Å². The van der Waals surface area contributed by atoms with E-state index >= 15 is 0 Å². The predicted octanol–water partition coefficient (Wildman–Crippen LogP) is 2.03. The fourth-order valence-corrected chi connectivity index (χ4v) is 5.06. The maximum absolute atomic E-state index is 12.8. The zero-order chi connectivity index (χ0) is 20.2. The van der Waals surface area contributed by atoms with E-state index in [1.807, 2.05) is 13.8 Å². The Kier molecular flexibility index (Phi) is 7.50. The van der Waals surface area contributed by atoms with Crippen LogP contribution in [0, 0.1) is 5.92 Å². The highest BCUT2D eigenvalue weighted by Crippen LogP contribution is 2.30. The van der Waals surface area contributed by atoms with Gasteiger partial charge in [-0.05, 0) is 44.9 Å². The number of benzene rings is 1. The highest BCUT2D eigenvalue weighted by molar-refractivity contribution is 7.89. The first-order valence-corrected chi connectivity index (χ1v) is 10.8. The Bertz CT molecular complexity index is 806. The summed E-state index contributed by atoms with van der Waals surface area (Å²) < 4.78 is 26.9.